The Morgan fingerprint density at radius 2 is 1.82 bits per heavy atom. The van der Waals surface area contributed by atoms with Gasteiger partial charge in [-0.2, -0.15) is 0 Å². The summed E-state index contributed by atoms with van der Waals surface area (Å²) in [5.41, 5.74) is 8.12. The smallest absolute Gasteiger partial charge is 0.270 e. The monoisotopic (exact) mass is 464 g/mol. The number of nitrogens with one attached hydrogen (secondary N) is 1. The molecule has 0 saturated carbocycles. The molecule has 0 radical (unpaired) electrons. The highest BCUT2D eigenvalue weighted by molar-refractivity contribution is 5.96. The highest BCUT2D eigenvalue weighted by Crippen LogP contribution is 2.32. The van der Waals surface area contributed by atoms with E-state index in [1.54, 1.807) is 36.4 Å². The van der Waals surface area contributed by atoms with Crippen LogP contribution in [0.5, 0.6) is 5.75 Å². The van der Waals surface area contributed by atoms with Gasteiger partial charge in [0.2, 0.25) is 11.9 Å². The number of hydrogen-bond donors (Lipinski definition) is 2. The lowest BCUT2D eigenvalue weighted by atomic mass is 10.0. The van der Waals surface area contributed by atoms with Crippen LogP contribution in [-0.4, -0.2) is 21.6 Å². The van der Waals surface area contributed by atoms with Gasteiger partial charge in [-0.1, -0.05) is 24.3 Å². The van der Waals surface area contributed by atoms with Gasteiger partial charge in [-0.15, -0.1) is 0 Å². The Morgan fingerprint density at radius 3 is 2.47 bits per heavy atom. The molecule has 0 unspecified atom stereocenters. The Hall–Kier alpha value is -3.94. The first-order valence-corrected chi connectivity index (χ1v) is 10.9. The van der Waals surface area contributed by atoms with Gasteiger partial charge >= 0.3 is 0 Å². The minimum Gasteiger partial charge on any atom is -0.491 e. The summed E-state index contributed by atoms with van der Waals surface area (Å²) < 4.78 is 36.0. The molecule has 4 rings (SSSR count). The van der Waals surface area contributed by atoms with Crippen molar-refractivity contribution in [2.45, 2.75) is 39.3 Å². The normalized spacial score (nSPS) is 11.7. The predicted molar refractivity (Wildman–Crippen MR) is 129 cm³/mol. The van der Waals surface area contributed by atoms with Gasteiger partial charge in [0.25, 0.3) is 5.92 Å². The number of anilines is 2. The van der Waals surface area contributed by atoms with Gasteiger partial charge in [0, 0.05) is 23.7 Å². The van der Waals surface area contributed by atoms with Gasteiger partial charge in [-0.25, -0.2) is 13.8 Å². The molecule has 0 atom stereocenters. The van der Waals surface area contributed by atoms with Crippen molar-refractivity contribution in [3.63, 3.8) is 0 Å². The molecule has 8 heteroatoms. The SMILES string of the molecule is CC(C)Oc1ccc(Nc2nc3cc(C(N)=O)ccc3n2Cc2ccccc2C(C)(F)F)cc1. The third-order valence-corrected chi connectivity index (χ3v) is 5.33. The summed E-state index contributed by atoms with van der Waals surface area (Å²) in [5.74, 6) is -2.38. The summed E-state index contributed by atoms with van der Waals surface area (Å²) in [7, 11) is 0. The number of benzene rings is 3. The van der Waals surface area contributed by atoms with Crippen LogP contribution in [0, 0.1) is 0 Å². The van der Waals surface area contributed by atoms with E-state index in [0.717, 1.165) is 18.4 Å². The molecule has 4 aromatic rings. The summed E-state index contributed by atoms with van der Waals surface area (Å²) in [6.45, 7) is 4.94. The number of ether oxygens (including phenoxy) is 1. The Bertz CT molecular complexity index is 1330. The van der Waals surface area contributed by atoms with E-state index in [1.807, 2.05) is 42.7 Å². The molecular weight excluding hydrogens is 438 g/mol. The summed E-state index contributed by atoms with van der Waals surface area (Å²) in [6.07, 6.45) is 0.0548. The number of rotatable bonds is 8. The molecule has 1 heterocycles. The minimum absolute atomic E-state index is 0.0493. The Balaban J connectivity index is 1.77. The molecule has 34 heavy (non-hydrogen) atoms. The van der Waals surface area contributed by atoms with Crippen LogP contribution in [-0.2, 0) is 12.5 Å². The number of aromatic nitrogens is 2. The molecule has 0 fully saturated rings. The fraction of sp³-hybridized carbons (Fsp3) is 0.231. The number of halogens is 2. The van der Waals surface area contributed by atoms with Gasteiger partial charge in [-0.05, 0) is 61.9 Å². The fourth-order valence-corrected chi connectivity index (χ4v) is 3.81. The van der Waals surface area contributed by atoms with Crippen molar-refractivity contribution >= 4 is 28.6 Å². The first kappa shape index (κ1) is 23.2. The van der Waals surface area contributed by atoms with Crippen LogP contribution >= 0.6 is 0 Å². The van der Waals surface area contributed by atoms with Crippen LogP contribution in [0.15, 0.2) is 66.7 Å². The van der Waals surface area contributed by atoms with Crippen molar-refractivity contribution in [1.29, 1.82) is 0 Å². The first-order chi connectivity index (χ1) is 16.1. The topological polar surface area (TPSA) is 82.2 Å². The molecule has 1 amide bonds. The zero-order valence-electron chi connectivity index (χ0n) is 19.2. The number of primary amides is 1. The van der Waals surface area contributed by atoms with E-state index < -0.39 is 11.8 Å². The van der Waals surface area contributed by atoms with Gasteiger partial charge in [0.15, 0.2) is 0 Å². The van der Waals surface area contributed by atoms with Crippen molar-refractivity contribution < 1.29 is 18.3 Å². The zero-order valence-corrected chi connectivity index (χ0v) is 19.2. The maximum Gasteiger partial charge on any atom is 0.270 e. The Kier molecular flexibility index (Phi) is 6.24. The van der Waals surface area contributed by atoms with Crippen molar-refractivity contribution in [3.8, 4) is 5.75 Å². The van der Waals surface area contributed by atoms with Crippen molar-refractivity contribution in [1.82, 2.24) is 9.55 Å². The highest BCUT2D eigenvalue weighted by Gasteiger charge is 2.27. The standard InChI is InChI=1S/C26H26F2N4O2/c1-16(2)34-20-11-9-19(10-12-20)30-25-31-22-14-17(24(29)33)8-13-23(22)32(25)15-18-6-4-5-7-21(18)26(3,27)28/h4-14,16H,15H2,1-3H3,(H2,29,33)(H,30,31). The Morgan fingerprint density at radius 1 is 1.12 bits per heavy atom. The number of carbonyl (C=O) groups excluding carboxylic acids is 1. The lowest BCUT2D eigenvalue weighted by Gasteiger charge is -2.18. The lowest BCUT2D eigenvalue weighted by Crippen LogP contribution is -2.14. The highest BCUT2D eigenvalue weighted by atomic mass is 19.3. The zero-order chi connectivity index (χ0) is 24.5. The minimum atomic E-state index is -2.99. The lowest BCUT2D eigenvalue weighted by molar-refractivity contribution is 0.0165. The Labute approximate surface area is 196 Å². The molecule has 0 spiro atoms. The van der Waals surface area contributed by atoms with E-state index in [2.05, 4.69) is 10.3 Å². The molecule has 0 saturated heterocycles. The van der Waals surface area contributed by atoms with Gasteiger partial charge in [0.05, 0.1) is 23.7 Å². The van der Waals surface area contributed by atoms with Crippen molar-refractivity contribution in [2.75, 3.05) is 5.32 Å². The van der Waals surface area contributed by atoms with E-state index in [-0.39, 0.29) is 18.2 Å². The second-order valence-corrected chi connectivity index (χ2v) is 8.45. The molecule has 1 aromatic heterocycles. The second kappa shape index (κ2) is 9.13. The number of imidazole rings is 1. The summed E-state index contributed by atoms with van der Waals surface area (Å²) in [6, 6.07) is 18.7. The van der Waals surface area contributed by atoms with Gasteiger partial charge < -0.3 is 20.4 Å². The number of nitrogens with zero attached hydrogens (tertiary/aromatic N) is 2. The molecule has 0 aliphatic carbocycles. The number of nitrogens with two attached hydrogens (primary N) is 1. The average molecular weight is 465 g/mol. The third-order valence-electron chi connectivity index (χ3n) is 5.33. The summed E-state index contributed by atoms with van der Waals surface area (Å²) in [4.78, 5) is 16.3. The van der Waals surface area contributed by atoms with Gasteiger partial charge in [-0.3, -0.25) is 4.79 Å². The van der Waals surface area contributed by atoms with Crippen LogP contribution in [0.1, 0.15) is 42.3 Å². The van der Waals surface area contributed by atoms with Gasteiger partial charge in [0.1, 0.15) is 5.75 Å². The number of fused-ring (bicyclic) bond motifs is 1. The third kappa shape index (κ3) is 5.01. The number of alkyl halides is 2. The summed E-state index contributed by atoms with van der Waals surface area (Å²) >= 11 is 0. The maximum atomic E-state index is 14.3. The largest absolute Gasteiger partial charge is 0.491 e. The van der Waals surface area contributed by atoms with Crippen LogP contribution in [0.4, 0.5) is 20.4 Å². The van der Waals surface area contributed by atoms with Crippen LogP contribution in [0.3, 0.4) is 0 Å². The molecule has 176 valence electrons. The van der Waals surface area contributed by atoms with Crippen molar-refractivity contribution in [2.24, 2.45) is 5.73 Å². The number of amides is 1. The van der Waals surface area contributed by atoms with E-state index >= 15 is 0 Å². The van der Waals surface area contributed by atoms with E-state index in [9.17, 15) is 13.6 Å². The molecule has 0 aliphatic heterocycles. The number of hydrogen-bond acceptors (Lipinski definition) is 4. The average Bonchev–Trinajstić information content (AvgIpc) is 3.10. The quantitative estimate of drug-likeness (QED) is 0.344. The molecule has 0 bridgehead atoms. The molecule has 3 N–H and O–H groups in total. The number of carbonyl (C=O) groups is 1. The summed E-state index contributed by atoms with van der Waals surface area (Å²) in [5, 5.41) is 3.26. The van der Waals surface area contributed by atoms with E-state index in [4.69, 9.17) is 10.5 Å². The van der Waals surface area contributed by atoms with Crippen molar-refractivity contribution in [3.05, 3.63) is 83.4 Å². The molecule has 6 nitrogen and oxygen atoms in total. The van der Waals surface area contributed by atoms with E-state index in [0.29, 0.717) is 28.1 Å². The maximum absolute atomic E-state index is 14.3. The molecule has 3 aromatic carbocycles. The second-order valence-electron chi connectivity index (χ2n) is 8.45. The molecule has 0 aliphatic rings. The van der Waals surface area contributed by atoms with Crippen LogP contribution in [0.25, 0.3) is 11.0 Å². The van der Waals surface area contributed by atoms with Crippen LogP contribution < -0.4 is 15.8 Å². The van der Waals surface area contributed by atoms with E-state index in [1.165, 1.54) is 6.07 Å². The molecular formula is C26H26F2N4O2. The van der Waals surface area contributed by atoms with Crippen LogP contribution in [0.2, 0.25) is 0 Å². The first-order valence-electron chi connectivity index (χ1n) is 10.9. The predicted octanol–water partition coefficient (Wildman–Crippen LogP) is 5.83. The fourth-order valence-electron chi connectivity index (χ4n) is 3.81.